The van der Waals surface area contributed by atoms with E-state index in [4.69, 9.17) is 5.26 Å². The van der Waals surface area contributed by atoms with Gasteiger partial charge in [0.1, 0.15) is 11.6 Å². The maximum absolute atomic E-state index is 13.7. The summed E-state index contributed by atoms with van der Waals surface area (Å²) in [5.74, 6) is -1.88. The van der Waals surface area contributed by atoms with Crippen molar-refractivity contribution in [2.75, 3.05) is 0 Å². The molecule has 1 nitrogen and oxygen atoms in total. The SMILES string of the molecule is N#Cc1ccc(C(F)(F)F)cc1-c1ccc(F)cc1F. The minimum Gasteiger partial charge on any atom is -0.207 e. The van der Waals surface area contributed by atoms with E-state index in [1.54, 1.807) is 6.07 Å². The lowest BCUT2D eigenvalue weighted by Crippen LogP contribution is -2.05. The molecule has 0 bridgehead atoms. The monoisotopic (exact) mass is 283 g/mol. The number of benzene rings is 2. The molecule has 0 unspecified atom stereocenters. The molecule has 6 heteroatoms. The van der Waals surface area contributed by atoms with Gasteiger partial charge in [-0.2, -0.15) is 18.4 Å². The summed E-state index contributed by atoms with van der Waals surface area (Å²) in [5.41, 5.74) is -1.60. The van der Waals surface area contributed by atoms with Gasteiger partial charge in [0.05, 0.1) is 17.2 Å². The van der Waals surface area contributed by atoms with Crippen LogP contribution in [0.4, 0.5) is 22.0 Å². The molecule has 0 N–H and O–H groups in total. The van der Waals surface area contributed by atoms with Crippen LogP contribution in [0.3, 0.4) is 0 Å². The topological polar surface area (TPSA) is 23.8 Å². The van der Waals surface area contributed by atoms with Crippen molar-refractivity contribution >= 4 is 0 Å². The fourth-order valence-corrected chi connectivity index (χ4v) is 1.75. The van der Waals surface area contributed by atoms with Crippen molar-refractivity contribution in [2.24, 2.45) is 0 Å². The van der Waals surface area contributed by atoms with Crippen molar-refractivity contribution in [2.45, 2.75) is 6.18 Å². The summed E-state index contributed by atoms with van der Waals surface area (Å²) in [6.45, 7) is 0. The molecule has 2 aromatic rings. The predicted octanol–water partition coefficient (Wildman–Crippen LogP) is 4.52. The molecule has 2 rings (SSSR count). The zero-order chi connectivity index (χ0) is 14.9. The van der Waals surface area contributed by atoms with Crippen molar-refractivity contribution in [3.05, 3.63) is 59.2 Å². The van der Waals surface area contributed by atoms with E-state index in [0.29, 0.717) is 12.1 Å². The third-order valence-corrected chi connectivity index (χ3v) is 2.69. The van der Waals surface area contributed by atoms with Crippen LogP contribution in [0.25, 0.3) is 11.1 Å². The van der Waals surface area contributed by atoms with Gasteiger partial charge in [0.2, 0.25) is 0 Å². The first kappa shape index (κ1) is 14.0. The maximum Gasteiger partial charge on any atom is 0.416 e. The van der Waals surface area contributed by atoms with Gasteiger partial charge in [0.15, 0.2) is 0 Å². The van der Waals surface area contributed by atoms with Gasteiger partial charge in [-0.25, -0.2) is 8.78 Å². The molecule has 0 aliphatic heterocycles. The van der Waals surface area contributed by atoms with E-state index in [1.165, 1.54) is 0 Å². The van der Waals surface area contributed by atoms with Crippen LogP contribution in [0.15, 0.2) is 36.4 Å². The van der Waals surface area contributed by atoms with Gasteiger partial charge in [-0.1, -0.05) is 0 Å². The molecular weight excluding hydrogens is 277 g/mol. The second kappa shape index (κ2) is 4.93. The number of halogens is 5. The molecule has 0 radical (unpaired) electrons. The Hall–Kier alpha value is -2.42. The smallest absolute Gasteiger partial charge is 0.207 e. The van der Waals surface area contributed by atoms with E-state index in [9.17, 15) is 22.0 Å². The number of nitrogens with zero attached hydrogens (tertiary/aromatic N) is 1. The molecule has 0 saturated carbocycles. The summed E-state index contributed by atoms with van der Waals surface area (Å²) in [7, 11) is 0. The van der Waals surface area contributed by atoms with E-state index < -0.39 is 23.4 Å². The van der Waals surface area contributed by atoms with Crippen LogP contribution < -0.4 is 0 Å². The fraction of sp³-hybridized carbons (Fsp3) is 0.0714. The van der Waals surface area contributed by atoms with Crippen LogP contribution >= 0.6 is 0 Å². The lowest BCUT2D eigenvalue weighted by molar-refractivity contribution is -0.137. The highest BCUT2D eigenvalue weighted by molar-refractivity contribution is 5.71. The molecule has 0 amide bonds. The molecule has 0 fully saturated rings. The summed E-state index contributed by atoms with van der Waals surface area (Å²) in [6, 6.07) is 6.53. The Balaban J connectivity index is 2.68. The van der Waals surface area contributed by atoms with Gasteiger partial charge >= 0.3 is 6.18 Å². The van der Waals surface area contributed by atoms with Crippen LogP contribution in [-0.4, -0.2) is 0 Å². The van der Waals surface area contributed by atoms with Crippen LogP contribution in [0.5, 0.6) is 0 Å². The average molecular weight is 283 g/mol. The minimum absolute atomic E-state index is 0.122. The van der Waals surface area contributed by atoms with E-state index in [-0.39, 0.29) is 16.7 Å². The second-order valence-corrected chi connectivity index (χ2v) is 3.99. The summed E-state index contributed by atoms with van der Waals surface area (Å²) < 4.78 is 64.4. The van der Waals surface area contributed by atoms with Crippen LogP contribution in [0.1, 0.15) is 11.1 Å². The van der Waals surface area contributed by atoms with Crippen molar-refractivity contribution in [3.8, 4) is 17.2 Å². The van der Waals surface area contributed by atoms with Gasteiger partial charge < -0.3 is 0 Å². The van der Waals surface area contributed by atoms with Crippen LogP contribution in [0.2, 0.25) is 0 Å². The fourth-order valence-electron chi connectivity index (χ4n) is 1.75. The summed E-state index contributed by atoms with van der Waals surface area (Å²) in [6.07, 6.45) is -4.61. The zero-order valence-corrected chi connectivity index (χ0v) is 9.80. The molecule has 0 aliphatic rings. The van der Waals surface area contributed by atoms with Crippen molar-refractivity contribution in [1.82, 2.24) is 0 Å². The van der Waals surface area contributed by atoms with Crippen molar-refractivity contribution in [3.63, 3.8) is 0 Å². The zero-order valence-electron chi connectivity index (χ0n) is 9.80. The predicted molar refractivity (Wildman–Crippen MR) is 61.5 cm³/mol. The lowest BCUT2D eigenvalue weighted by Gasteiger charge is -2.11. The Morgan fingerprint density at radius 3 is 2.15 bits per heavy atom. The van der Waals surface area contributed by atoms with E-state index in [2.05, 4.69) is 0 Å². The lowest BCUT2D eigenvalue weighted by atomic mass is 9.97. The molecule has 0 atom stereocenters. The first-order chi connectivity index (χ1) is 9.32. The molecule has 0 spiro atoms. The molecule has 0 saturated heterocycles. The van der Waals surface area contributed by atoms with Crippen molar-refractivity contribution in [1.29, 1.82) is 5.26 Å². The van der Waals surface area contributed by atoms with Gasteiger partial charge in [0.25, 0.3) is 0 Å². The third-order valence-electron chi connectivity index (χ3n) is 2.69. The van der Waals surface area contributed by atoms with Crippen molar-refractivity contribution < 1.29 is 22.0 Å². The Bertz CT molecular complexity index is 698. The Morgan fingerprint density at radius 2 is 1.60 bits per heavy atom. The average Bonchev–Trinajstić information content (AvgIpc) is 2.37. The molecule has 102 valence electrons. The van der Waals surface area contributed by atoms with Crippen LogP contribution in [-0.2, 0) is 6.18 Å². The molecule has 2 aromatic carbocycles. The number of hydrogen-bond donors (Lipinski definition) is 0. The highest BCUT2D eigenvalue weighted by Crippen LogP contribution is 2.34. The van der Waals surface area contributed by atoms with E-state index in [1.807, 2.05) is 0 Å². The molecule has 0 heterocycles. The first-order valence-electron chi connectivity index (χ1n) is 5.39. The van der Waals surface area contributed by atoms with E-state index >= 15 is 0 Å². The third kappa shape index (κ3) is 2.62. The quantitative estimate of drug-likeness (QED) is 0.706. The molecule has 0 aliphatic carbocycles. The number of hydrogen-bond acceptors (Lipinski definition) is 1. The number of rotatable bonds is 1. The summed E-state index contributed by atoms with van der Waals surface area (Å²) in [5, 5.41) is 8.89. The van der Waals surface area contributed by atoms with Gasteiger partial charge in [-0.05, 0) is 30.3 Å². The Labute approximate surface area is 110 Å². The van der Waals surface area contributed by atoms with Gasteiger partial charge in [-0.3, -0.25) is 0 Å². The van der Waals surface area contributed by atoms with Gasteiger partial charge in [0, 0.05) is 17.2 Å². The number of nitriles is 1. The summed E-state index contributed by atoms with van der Waals surface area (Å²) in [4.78, 5) is 0. The molecule has 20 heavy (non-hydrogen) atoms. The van der Waals surface area contributed by atoms with Gasteiger partial charge in [-0.15, -0.1) is 0 Å². The summed E-state index contributed by atoms with van der Waals surface area (Å²) >= 11 is 0. The minimum atomic E-state index is -4.61. The number of alkyl halides is 3. The highest BCUT2D eigenvalue weighted by atomic mass is 19.4. The standard InChI is InChI=1S/C14H6F5N/c15-10-3-4-11(13(16)6-10)12-5-9(14(17,18)19)2-1-8(12)7-20/h1-6H. The second-order valence-electron chi connectivity index (χ2n) is 3.99. The maximum atomic E-state index is 13.7. The Morgan fingerprint density at radius 1 is 0.900 bits per heavy atom. The molecule has 0 aromatic heterocycles. The largest absolute Gasteiger partial charge is 0.416 e. The van der Waals surface area contributed by atoms with E-state index in [0.717, 1.165) is 24.3 Å². The highest BCUT2D eigenvalue weighted by Gasteiger charge is 2.31. The Kier molecular flexibility index (Phi) is 3.45. The normalized spacial score (nSPS) is 11.2. The van der Waals surface area contributed by atoms with Crippen LogP contribution in [0, 0.1) is 23.0 Å². The molecular formula is C14H6F5N. The first-order valence-corrected chi connectivity index (χ1v) is 5.39.